The van der Waals surface area contributed by atoms with Gasteiger partial charge < -0.3 is 5.73 Å². The minimum atomic E-state index is -0.0318. The Kier molecular flexibility index (Phi) is 3.31. The second-order valence-corrected chi connectivity index (χ2v) is 6.87. The van der Waals surface area contributed by atoms with Gasteiger partial charge in [0.2, 0.25) is 0 Å². The first kappa shape index (κ1) is 12.4. The first-order chi connectivity index (χ1) is 8.65. The van der Waals surface area contributed by atoms with Gasteiger partial charge in [0.25, 0.3) is 0 Å². The third kappa shape index (κ3) is 2.53. The number of halogens is 1. The Morgan fingerprint density at radius 2 is 2.06 bits per heavy atom. The standard InChI is InChI=1S/C14H17ClN2S/c15-10-4-5-11-12(8-10)18-13(17-11)9-14(16)6-2-1-3-7-14/h4-5,8H,1-3,6-7,9,16H2. The van der Waals surface area contributed by atoms with E-state index in [2.05, 4.69) is 4.98 Å². The minimum Gasteiger partial charge on any atom is -0.325 e. The van der Waals surface area contributed by atoms with Crippen LogP contribution in [0.15, 0.2) is 18.2 Å². The Morgan fingerprint density at radius 1 is 1.28 bits per heavy atom. The lowest BCUT2D eigenvalue weighted by atomic mass is 9.80. The third-order valence-electron chi connectivity index (χ3n) is 3.75. The molecular formula is C14H17ClN2S. The first-order valence-electron chi connectivity index (χ1n) is 6.49. The normalized spacial score (nSPS) is 19.2. The molecule has 18 heavy (non-hydrogen) atoms. The van der Waals surface area contributed by atoms with Gasteiger partial charge in [-0.3, -0.25) is 0 Å². The van der Waals surface area contributed by atoms with Crippen LogP contribution in [0.1, 0.15) is 37.1 Å². The summed E-state index contributed by atoms with van der Waals surface area (Å²) in [7, 11) is 0. The fourth-order valence-electron chi connectivity index (χ4n) is 2.76. The van der Waals surface area contributed by atoms with Gasteiger partial charge >= 0.3 is 0 Å². The lowest BCUT2D eigenvalue weighted by Crippen LogP contribution is -2.43. The SMILES string of the molecule is NC1(Cc2nc3ccc(Cl)cc3s2)CCCCC1. The molecule has 0 bridgehead atoms. The van der Waals surface area contributed by atoms with E-state index in [9.17, 15) is 0 Å². The second-order valence-electron chi connectivity index (χ2n) is 5.32. The Hall–Kier alpha value is -0.640. The zero-order valence-corrected chi connectivity index (χ0v) is 11.9. The summed E-state index contributed by atoms with van der Waals surface area (Å²) in [5.41, 5.74) is 7.49. The molecule has 0 radical (unpaired) electrons. The Bertz CT molecular complexity index is 558. The lowest BCUT2D eigenvalue weighted by molar-refractivity contribution is 0.294. The molecule has 0 atom stereocenters. The lowest BCUT2D eigenvalue weighted by Gasteiger charge is -2.32. The zero-order chi connectivity index (χ0) is 12.6. The van der Waals surface area contributed by atoms with E-state index in [1.165, 1.54) is 19.3 Å². The number of nitrogens with two attached hydrogens (primary N) is 1. The predicted octanol–water partition coefficient (Wildman–Crippen LogP) is 4.15. The summed E-state index contributed by atoms with van der Waals surface area (Å²) in [5.74, 6) is 0. The van der Waals surface area contributed by atoms with Crippen LogP contribution in [0.4, 0.5) is 0 Å². The number of aromatic nitrogens is 1. The fourth-order valence-corrected chi connectivity index (χ4v) is 4.15. The number of nitrogens with zero attached hydrogens (tertiary/aromatic N) is 1. The molecule has 1 saturated carbocycles. The smallest absolute Gasteiger partial charge is 0.0956 e. The Labute approximate surface area is 116 Å². The molecule has 2 aromatic rings. The highest BCUT2D eigenvalue weighted by atomic mass is 35.5. The average Bonchev–Trinajstić information content (AvgIpc) is 2.70. The van der Waals surface area contributed by atoms with E-state index in [-0.39, 0.29) is 5.54 Å². The van der Waals surface area contributed by atoms with Crippen molar-refractivity contribution < 1.29 is 0 Å². The summed E-state index contributed by atoms with van der Waals surface area (Å²) in [5, 5.41) is 1.93. The summed E-state index contributed by atoms with van der Waals surface area (Å²) < 4.78 is 1.16. The summed E-state index contributed by atoms with van der Waals surface area (Å²) in [6.07, 6.45) is 7.01. The molecule has 2 N–H and O–H groups in total. The topological polar surface area (TPSA) is 38.9 Å². The van der Waals surface area contributed by atoms with E-state index < -0.39 is 0 Å². The van der Waals surface area contributed by atoms with Crippen molar-refractivity contribution in [3.05, 3.63) is 28.2 Å². The van der Waals surface area contributed by atoms with E-state index in [1.54, 1.807) is 11.3 Å². The third-order valence-corrected chi connectivity index (χ3v) is 5.00. The molecule has 4 heteroatoms. The van der Waals surface area contributed by atoms with Crippen LogP contribution in [0.5, 0.6) is 0 Å². The largest absolute Gasteiger partial charge is 0.325 e. The van der Waals surface area contributed by atoms with Gasteiger partial charge in [-0.25, -0.2) is 4.98 Å². The summed E-state index contributed by atoms with van der Waals surface area (Å²) in [6, 6.07) is 5.87. The van der Waals surface area contributed by atoms with E-state index in [0.717, 1.165) is 39.5 Å². The number of rotatable bonds is 2. The molecule has 1 fully saturated rings. The fraction of sp³-hybridized carbons (Fsp3) is 0.500. The quantitative estimate of drug-likeness (QED) is 0.897. The van der Waals surface area contributed by atoms with Crippen LogP contribution in [-0.2, 0) is 6.42 Å². The van der Waals surface area contributed by atoms with Crippen LogP contribution in [0.25, 0.3) is 10.2 Å². The molecule has 0 amide bonds. The molecule has 3 rings (SSSR count). The van der Waals surface area contributed by atoms with Gasteiger partial charge in [0.15, 0.2) is 0 Å². The van der Waals surface area contributed by atoms with Crippen LogP contribution >= 0.6 is 22.9 Å². The highest BCUT2D eigenvalue weighted by Gasteiger charge is 2.28. The molecule has 1 aliphatic carbocycles. The van der Waals surface area contributed by atoms with E-state index >= 15 is 0 Å². The Balaban J connectivity index is 1.86. The van der Waals surface area contributed by atoms with Gasteiger partial charge in [-0.15, -0.1) is 11.3 Å². The van der Waals surface area contributed by atoms with Gasteiger partial charge in [-0.05, 0) is 31.0 Å². The Morgan fingerprint density at radius 3 is 2.83 bits per heavy atom. The van der Waals surface area contributed by atoms with Gasteiger partial charge in [0.05, 0.1) is 15.2 Å². The number of hydrogen-bond donors (Lipinski definition) is 1. The van der Waals surface area contributed by atoms with Crippen molar-refractivity contribution in [1.82, 2.24) is 4.98 Å². The number of fused-ring (bicyclic) bond motifs is 1. The number of hydrogen-bond acceptors (Lipinski definition) is 3. The molecule has 96 valence electrons. The summed E-state index contributed by atoms with van der Waals surface area (Å²) in [6.45, 7) is 0. The van der Waals surface area contributed by atoms with Crippen molar-refractivity contribution in [1.29, 1.82) is 0 Å². The molecule has 1 aliphatic rings. The summed E-state index contributed by atoms with van der Waals surface area (Å²) >= 11 is 7.73. The van der Waals surface area contributed by atoms with Crippen molar-refractivity contribution >= 4 is 33.2 Å². The van der Waals surface area contributed by atoms with Crippen LogP contribution in [0.3, 0.4) is 0 Å². The van der Waals surface area contributed by atoms with Crippen LogP contribution in [-0.4, -0.2) is 10.5 Å². The molecule has 1 aromatic carbocycles. The first-order valence-corrected chi connectivity index (χ1v) is 7.68. The van der Waals surface area contributed by atoms with E-state index in [0.29, 0.717) is 0 Å². The van der Waals surface area contributed by atoms with Crippen LogP contribution < -0.4 is 5.73 Å². The maximum atomic E-state index is 6.48. The van der Waals surface area contributed by atoms with Crippen LogP contribution in [0.2, 0.25) is 5.02 Å². The van der Waals surface area contributed by atoms with Crippen molar-refractivity contribution in [2.45, 2.75) is 44.1 Å². The molecular weight excluding hydrogens is 264 g/mol. The van der Waals surface area contributed by atoms with Crippen LogP contribution in [0, 0.1) is 0 Å². The summed E-state index contributed by atoms with van der Waals surface area (Å²) in [4.78, 5) is 4.67. The molecule has 0 spiro atoms. The number of benzene rings is 1. The van der Waals surface area contributed by atoms with Gasteiger partial charge in [-0.2, -0.15) is 0 Å². The van der Waals surface area contributed by atoms with E-state index in [1.807, 2.05) is 18.2 Å². The molecule has 1 heterocycles. The molecule has 2 nitrogen and oxygen atoms in total. The highest BCUT2D eigenvalue weighted by Crippen LogP contribution is 2.32. The minimum absolute atomic E-state index is 0.0318. The monoisotopic (exact) mass is 280 g/mol. The van der Waals surface area contributed by atoms with Gasteiger partial charge in [0.1, 0.15) is 0 Å². The molecule has 0 aliphatic heterocycles. The van der Waals surface area contributed by atoms with E-state index in [4.69, 9.17) is 17.3 Å². The van der Waals surface area contributed by atoms with Crippen molar-refractivity contribution in [3.63, 3.8) is 0 Å². The predicted molar refractivity (Wildman–Crippen MR) is 78.3 cm³/mol. The molecule has 0 saturated heterocycles. The molecule has 1 aromatic heterocycles. The maximum Gasteiger partial charge on any atom is 0.0956 e. The second kappa shape index (κ2) is 4.80. The zero-order valence-electron chi connectivity index (χ0n) is 10.3. The highest BCUT2D eigenvalue weighted by molar-refractivity contribution is 7.18. The van der Waals surface area contributed by atoms with Gasteiger partial charge in [0, 0.05) is 17.0 Å². The number of thiazole rings is 1. The molecule has 0 unspecified atom stereocenters. The van der Waals surface area contributed by atoms with Crippen molar-refractivity contribution in [2.24, 2.45) is 5.73 Å². The van der Waals surface area contributed by atoms with Crippen molar-refractivity contribution in [3.8, 4) is 0 Å². The van der Waals surface area contributed by atoms with Crippen molar-refractivity contribution in [2.75, 3.05) is 0 Å². The maximum absolute atomic E-state index is 6.48. The average molecular weight is 281 g/mol. The van der Waals surface area contributed by atoms with Gasteiger partial charge in [-0.1, -0.05) is 30.9 Å².